The number of pyridine rings is 1. The lowest BCUT2D eigenvalue weighted by Crippen LogP contribution is -2.34. The van der Waals surface area contributed by atoms with E-state index in [0.29, 0.717) is 18.6 Å². The molecule has 1 amide bonds. The molecule has 3 aromatic rings. The molecule has 2 aromatic heterocycles. The van der Waals surface area contributed by atoms with Crippen molar-refractivity contribution in [1.29, 1.82) is 0 Å². The van der Waals surface area contributed by atoms with Gasteiger partial charge in [-0.1, -0.05) is 36.4 Å². The van der Waals surface area contributed by atoms with E-state index in [1.165, 1.54) is 29.3 Å². The zero-order valence-electron chi connectivity index (χ0n) is 18.3. The maximum Gasteiger partial charge on any atom is 0.416 e. The van der Waals surface area contributed by atoms with Crippen LogP contribution < -0.4 is 0 Å². The molecule has 6 nitrogen and oxygen atoms in total. The summed E-state index contributed by atoms with van der Waals surface area (Å²) in [5.74, 6) is -0.458. The molecule has 1 aliphatic carbocycles. The number of aliphatic hydroxyl groups is 1. The largest absolute Gasteiger partial charge is 0.451 e. The van der Waals surface area contributed by atoms with Crippen LogP contribution >= 0.6 is 0 Å². The smallest absolute Gasteiger partial charge is 0.416 e. The maximum atomic E-state index is 13.4. The number of hydrogen-bond donors (Lipinski definition) is 1. The number of benzene rings is 1. The molecule has 0 saturated carbocycles. The number of carbonyl (C=O) groups is 1. The topological polar surface area (TPSA) is 78.9 Å². The summed E-state index contributed by atoms with van der Waals surface area (Å²) >= 11 is 0. The Bertz CT molecular complexity index is 1340. The fourth-order valence-electron chi connectivity index (χ4n) is 4.15. The first-order valence-electron chi connectivity index (χ1n) is 10.9. The van der Waals surface area contributed by atoms with Crippen molar-refractivity contribution in [3.8, 4) is 11.3 Å². The lowest BCUT2D eigenvalue weighted by molar-refractivity contribution is -0.137. The number of nitrogens with zero attached hydrogens (tertiary/aromatic N) is 3. The van der Waals surface area contributed by atoms with Gasteiger partial charge in [0.05, 0.1) is 23.4 Å². The van der Waals surface area contributed by atoms with Gasteiger partial charge in [0.25, 0.3) is 0 Å². The number of halogens is 3. The second-order valence-electron chi connectivity index (χ2n) is 8.27. The predicted octanol–water partition coefficient (Wildman–Crippen LogP) is 5.23. The third-order valence-corrected chi connectivity index (χ3v) is 5.86. The van der Waals surface area contributed by atoms with Crippen molar-refractivity contribution in [3.05, 3.63) is 102 Å². The van der Waals surface area contributed by atoms with Crippen molar-refractivity contribution < 1.29 is 27.5 Å². The van der Waals surface area contributed by atoms with Gasteiger partial charge in [0.2, 0.25) is 0 Å². The van der Waals surface area contributed by atoms with Gasteiger partial charge in [0.15, 0.2) is 5.76 Å². The molecule has 0 radical (unpaired) electrons. The van der Waals surface area contributed by atoms with Gasteiger partial charge in [-0.2, -0.15) is 18.3 Å². The molecule has 2 atom stereocenters. The molecule has 0 bridgehead atoms. The molecule has 0 spiro atoms. The highest BCUT2D eigenvalue weighted by molar-refractivity contribution is 6.04. The molecule has 2 aliphatic rings. The molecular formula is C26H20F3N3O3. The number of alkyl halides is 3. The normalized spacial score (nSPS) is 20.1. The zero-order valence-corrected chi connectivity index (χ0v) is 18.3. The van der Waals surface area contributed by atoms with Crippen molar-refractivity contribution in [3.63, 3.8) is 0 Å². The SMILES string of the molecule is O=C(c1ccc(-c2cccc(C(F)(F)F)c2)o1)N1N=C(c2cccnc2)CC1C1=CC(O)CC=C1. The lowest BCUT2D eigenvalue weighted by atomic mass is 9.94. The number of amides is 1. The Kier molecular flexibility index (Phi) is 5.86. The first-order chi connectivity index (χ1) is 16.8. The number of rotatable bonds is 4. The van der Waals surface area contributed by atoms with Crippen LogP contribution in [0.1, 0.15) is 34.5 Å². The van der Waals surface area contributed by atoms with Gasteiger partial charge < -0.3 is 9.52 Å². The average molecular weight is 479 g/mol. The fraction of sp³-hybridized carbons (Fsp3) is 0.192. The summed E-state index contributed by atoms with van der Waals surface area (Å²) in [7, 11) is 0. The molecule has 5 rings (SSSR count). The second-order valence-corrected chi connectivity index (χ2v) is 8.27. The Morgan fingerprint density at radius 1 is 1.11 bits per heavy atom. The van der Waals surface area contributed by atoms with Gasteiger partial charge >= 0.3 is 12.1 Å². The molecular weight excluding hydrogens is 459 g/mol. The van der Waals surface area contributed by atoms with E-state index in [1.54, 1.807) is 24.5 Å². The Balaban J connectivity index is 1.47. The van der Waals surface area contributed by atoms with Crippen molar-refractivity contribution in [1.82, 2.24) is 9.99 Å². The highest BCUT2D eigenvalue weighted by Gasteiger charge is 2.36. The molecule has 9 heteroatoms. The van der Waals surface area contributed by atoms with Crippen molar-refractivity contribution in [2.45, 2.75) is 31.2 Å². The van der Waals surface area contributed by atoms with Crippen LogP contribution in [-0.4, -0.2) is 38.9 Å². The quantitative estimate of drug-likeness (QED) is 0.556. The summed E-state index contributed by atoms with van der Waals surface area (Å²) in [5.41, 5.74) is 1.55. The van der Waals surface area contributed by atoms with Crippen LogP contribution in [0.5, 0.6) is 0 Å². The molecule has 35 heavy (non-hydrogen) atoms. The third-order valence-electron chi connectivity index (χ3n) is 5.86. The summed E-state index contributed by atoms with van der Waals surface area (Å²) in [5, 5.41) is 15.9. The Morgan fingerprint density at radius 3 is 2.69 bits per heavy atom. The zero-order chi connectivity index (χ0) is 24.6. The molecule has 0 fully saturated rings. The number of carbonyl (C=O) groups excluding carboxylic acids is 1. The molecule has 1 N–H and O–H groups in total. The number of hydrogen-bond acceptors (Lipinski definition) is 5. The molecule has 1 aromatic carbocycles. The van der Waals surface area contributed by atoms with Gasteiger partial charge in [0, 0.05) is 29.9 Å². The van der Waals surface area contributed by atoms with Crippen molar-refractivity contribution in [2.75, 3.05) is 0 Å². The second kappa shape index (κ2) is 8.99. The van der Waals surface area contributed by atoms with E-state index in [4.69, 9.17) is 4.42 Å². The fourth-order valence-corrected chi connectivity index (χ4v) is 4.15. The van der Waals surface area contributed by atoms with Crippen LogP contribution in [0.4, 0.5) is 13.2 Å². The van der Waals surface area contributed by atoms with Gasteiger partial charge in [-0.25, -0.2) is 5.01 Å². The Morgan fingerprint density at radius 2 is 1.94 bits per heavy atom. The first kappa shape index (κ1) is 22.8. The van der Waals surface area contributed by atoms with Crippen LogP contribution in [0.3, 0.4) is 0 Å². The summed E-state index contributed by atoms with van der Waals surface area (Å²) in [6.45, 7) is 0. The van der Waals surface area contributed by atoms with Gasteiger partial charge in [0.1, 0.15) is 5.76 Å². The lowest BCUT2D eigenvalue weighted by Gasteiger charge is -2.24. The van der Waals surface area contributed by atoms with Crippen LogP contribution in [0, 0.1) is 0 Å². The van der Waals surface area contributed by atoms with Crippen molar-refractivity contribution >= 4 is 11.6 Å². The number of aliphatic hydroxyl groups excluding tert-OH is 1. The average Bonchev–Trinajstić information content (AvgIpc) is 3.52. The van der Waals surface area contributed by atoms with Crippen LogP contribution in [0.2, 0.25) is 0 Å². The highest BCUT2D eigenvalue weighted by atomic mass is 19.4. The van der Waals surface area contributed by atoms with Gasteiger partial charge in [-0.05, 0) is 42.3 Å². The highest BCUT2D eigenvalue weighted by Crippen LogP contribution is 2.34. The summed E-state index contributed by atoms with van der Waals surface area (Å²) in [6.07, 6.45) is 4.42. The third kappa shape index (κ3) is 4.67. The van der Waals surface area contributed by atoms with Crippen LogP contribution in [0.25, 0.3) is 11.3 Å². The summed E-state index contributed by atoms with van der Waals surface area (Å²) in [6, 6.07) is 10.7. The Labute approximate surface area is 198 Å². The van der Waals surface area contributed by atoms with E-state index in [2.05, 4.69) is 10.1 Å². The number of hydrazone groups is 1. The molecule has 1 aliphatic heterocycles. The minimum atomic E-state index is -4.49. The first-order valence-corrected chi connectivity index (χ1v) is 10.9. The standard InChI is InChI=1S/C26H20F3N3O3/c27-26(28,29)19-7-1-5-17(12-19)23-9-10-24(35-23)25(34)32-22(16-4-2-8-20(33)13-16)14-21(31-32)18-6-3-11-30-15-18/h1-7,9-13,15,20,22,33H,8,14H2. The van der Waals surface area contributed by atoms with Crippen molar-refractivity contribution in [2.24, 2.45) is 5.10 Å². The maximum absolute atomic E-state index is 13.4. The molecule has 2 unspecified atom stereocenters. The van der Waals surface area contributed by atoms with E-state index < -0.39 is 29.8 Å². The van der Waals surface area contributed by atoms with Crippen LogP contribution in [-0.2, 0) is 6.18 Å². The van der Waals surface area contributed by atoms with Gasteiger partial charge in [-0.3, -0.25) is 9.78 Å². The summed E-state index contributed by atoms with van der Waals surface area (Å²) < 4.78 is 45.0. The summed E-state index contributed by atoms with van der Waals surface area (Å²) in [4.78, 5) is 17.6. The van der Waals surface area contributed by atoms with Gasteiger partial charge in [-0.15, -0.1) is 0 Å². The van der Waals surface area contributed by atoms with E-state index in [0.717, 1.165) is 23.3 Å². The van der Waals surface area contributed by atoms with E-state index in [-0.39, 0.29) is 17.1 Å². The minimum absolute atomic E-state index is 0.0560. The monoisotopic (exact) mass is 479 g/mol. The molecule has 178 valence electrons. The number of aromatic nitrogens is 1. The van der Waals surface area contributed by atoms with E-state index in [1.807, 2.05) is 18.2 Å². The molecule has 3 heterocycles. The van der Waals surface area contributed by atoms with E-state index in [9.17, 15) is 23.1 Å². The Hall–Kier alpha value is -3.98. The minimum Gasteiger partial charge on any atom is -0.451 e. The molecule has 0 saturated heterocycles. The van der Waals surface area contributed by atoms with E-state index >= 15 is 0 Å². The predicted molar refractivity (Wildman–Crippen MR) is 122 cm³/mol. The van der Waals surface area contributed by atoms with Crippen LogP contribution in [0.15, 0.2) is 94.2 Å². The number of furan rings is 1.